The lowest BCUT2D eigenvalue weighted by Gasteiger charge is -2.40. The van der Waals surface area contributed by atoms with Crippen molar-refractivity contribution in [1.29, 1.82) is 0 Å². The molecule has 2 heterocycles. The van der Waals surface area contributed by atoms with Crippen molar-refractivity contribution >= 4 is 35.0 Å². The van der Waals surface area contributed by atoms with E-state index < -0.39 is 36.0 Å². The molecule has 54 heavy (non-hydrogen) atoms. The summed E-state index contributed by atoms with van der Waals surface area (Å²) in [5, 5.41) is 27.8. The van der Waals surface area contributed by atoms with Crippen LogP contribution in [-0.2, 0) is 25.5 Å². The second-order valence-corrected chi connectivity index (χ2v) is 16.3. The van der Waals surface area contributed by atoms with E-state index in [-0.39, 0.29) is 53.6 Å². The van der Waals surface area contributed by atoms with Gasteiger partial charge in [0.1, 0.15) is 28.6 Å². The first-order chi connectivity index (χ1) is 25.7. The molecule has 3 amide bonds. The zero-order valence-electron chi connectivity index (χ0n) is 33.7. The van der Waals surface area contributed by atoms with E-state index in [1.54, 1.807) is 36.6 Å². The van der Waals surface area contributed by atoms with Crippen LogP contribution in [0.25, 0.3) is 0 Å². The summed E-state index contributed by atoms with van der Waals surface area (Å²) in [6.45, 7) is 15.8. The zero-order valence-corrected chi connectivity index (χ0v) is 34.5. The van der Waals surface area contributed by atoms with Gasteiger partial charge in [-0.05, 0) is 81.6 Å². The molecule has 0 bridgehead atoms. The number of benzene rings is 1. The molecular weight excluding hydrogens is 707 g/mol. The number of aromatic hydroxyl groups is 1. The molecule has 1 aromatic carbocycles. The number of carbonyl (C=O) groups excluding carboxylic acids is 3. The molecule has 0 saturated carbocycles. The average Bonchev–Trinajstić information content (AvgIpc) is 3.64. The number of ether oxygens (including phenoxy) is 1. The van der Waals surface area contributed by atoms with E-state index in [1.165, 1.54) is 11.3 Å². The minimum absolute atomic E-state index is 0.0607. The van der Waals surface area contributed by atoms with Crippen LogP contribution in [-0.4, -0.2) is 99.6 Å². The predicted molar refractivity (Wildman–Crippen MR) is 212 cm³/mol. The van der Waals surface area contributed by atoms with Crippen LogP contribution in [0.2, 0.25) is 0 Å². The molecule has 12 nitrogen and oxygen atoms in total. The number of aromatic nitrogens is 1. The summed E-state index contributed by atoms with van der Waals surface area (Å²) in [6, 6.07) is 5.02. The molecule has 7 atom stereocenters. The van der Waals surface area contributed by atoms with Crippen molar-refractivity contribution < 1.29 is 34.1 Å². The van der Waals surface area contributed by atoms with Crippen molar-refractivity contribution in [3.8, 4) is 5.75 Å². The van der Waals surface area contributed by atoms with Crippen molar-refractivity contribution in [2.45, 2.75) is 137 Å². The molecule has 302 valence electrons. The number of phenolic OH excluding ortho intramolecular Hbond substituents is 1. The van der Waals surface area contributed by atoms with Gasteiger partial charge in [-0.3, -0.25) is 24.1 Å². The minimum Gasteiger partial charge on any atom is -0.508 e. The Hall–Kier alpha value is -3.55. The van der Waals surface area contributed by atoms with Gasteiger partial charge in [-0.2, -0.15) is 0 Å². The summed E-state index contributed by atoms with van der Waals surface area (Å²) in [5.41, 5.74) is 1.07. The first-order valence-corrected chi connectivity index (χ1v) is 20.8. The van der Waals surface area contributed by atoms with Gasteiger partial charge in [0.15, 0.2) is 0 Å². The maximum absolute atomic E-state index is 14.6. The Morgan fingerprint density at radius 2 is 1.72 bits per heavy atom. The topological polar surface area (TPSA) is 161 Å². The van der Waals surface area contributed by atoms with Crippen LogP contribution in [0.4, 0.5) is 0 Å². The third-order valence-electron chi connectivity index (χ3n) is 10.6. The number of nitrogens with one attached hydrogen (secondary N) is 2. The number of rotatable bonds is 22. The smallest absolute Gasteiger partial charge is 0.306 e. The van der Waals surface area contributed by atoms with Crippen molar-refractivity contribution in [3.05, 3.63) is 45.9 Å². The number of likely N-dealkylation sites (tertiary alicyclic amines) is 1. The summed E-state index contributed by atoms with van der Waals surface area (Å²) >= 11 is 1.33. The Bertz CT molecular complexity index is 1480. The van der Waals surface area contributed by atoms with Crippen molar-refractivity contribution in [2.24, 2.45) is 17.8 Å². The molecule has 0 aliphatic carbocycles. The third-order valence-corrected chi connectivity index (χ3v) is 11.5. The molecule has 3 rings (SSSR count). The lowest BCUT2D eigenvalue weighted by atomic mass is 9.92. The normalized spacial score (nSPS) is 18.3. The molecule has 13 heteroatoms. The summed E-state index contributed by atoms with van der Waals surface area (Å²) in [4.78, 5) is 62.3. The summed E-state index contributed by atoms with van der Waals surface area (Å²) in [5.74, 6) is -2.09. The lowest BCUT2D eigenvalue weighted by Crippen LogP contribution is -2.58. The number of carbonyl (C=O) groups is 4. The summed E-state index contributed by atoms with van der Waals surface area (Å²) < 4.78 is 6.41. The molecule has 0 radical (unpaired) electrons. The van der Waals surface area contributed by atoms with Crippen LogP contribution >= 0.6 is 11.3 Å². The van der Waals surface area contributed by atoms with Gasteiger partial charge in [-0.1, -0.05) is 73.4 Å². The number of hydrogen-bond acceptors (Lipinski definition) is 9. The Morgan fingerprint density at radius 1 is 1.02 bits per heavy atom. The fraction of sp³-hybridized carbons (Fsp3) is 0.683. The first kappa shape index (κ1) is 44.8. The minimum atomic E-state index is -0.947. The maximum Gasteiger partial charge on any atom is 0.306 e. The molecule has 2 aromatic rings. The third kappa shape index (κ3) is 13.0. The number of nitrogens with zero attached hydrogens (tertiary/aromatic N) is 3. The van der Waals surface area contributed by atoms with E-state index in [2.05, 4.69) is 36.3 Å². The van der Waals surface area contributed by atoms with Crippen molar-refractivity contribution in [1.82, 2.24) is 25.4 Å². The van der Waals surface area contributed by atoms with E-state index in [1.807, 2.05) is 32.7 Å². The molecular formula is C41H65N5O7S. The number of aliphatic carboxylic acids is 1. The Balaban J connectivity index is 1.86. The first-order valence-electron chi connectivity index (χ1n) is 19.9. The highest BCUT2D eigenvalue weighted by Gasteiger charge is 2.38. The van der Waals surface area contributed by atoms with Gasteiger partial charge in [0.05, 0.1) is 12.0 Å². The standard InChI is InChI=1S/C41H65N5O7S/c1-9-19-46(40(50)36(27(6)11-3)44-38(49)33-14-12-13-20-45(33)8)34(26(4)5)24-35(53-21-10-2)39-43-32(25-54-39)37(48)42-30(22-28(7)41(51)52)23-29-15-17-31(47)18-16-29/h15-18,25-28,30,33-36,47H,9-14,19-24H2,1-8H3,(H,42,48)(H,44,49)(H,51,52). The number of phenols is 1. The van der Waals surface area contributed by atoms with Gasteiger partial charge in [0, 0.05) is 37.0 Å². The van der Waals surface area contributed by atoms with Crippen LogP contribution in [0.15, 0.2) is 29.6 Å². The number of hydrogen-bond donors (Lipinski definition) is 4. The fourth-order valence-corrected chi connectivity index (χ4v) is 7.97. The Kier molecular flexibility index (Phi) is 18.4. The molecule has 1 aromatic heterocycles. The number of likely N-dealkylation sites (N-methyl/N-ethyl adjacent to an activating group) is 1. The number of amides is 3. The molecule has 7 unspecified atom stereocenters. The molecule has 1 saturated heterocycles. The second-order valence-electron chi connectivity index (χ2n) is 15.4. The molecule has 0 spiro atoms. The van der Waals surface area contributed by atoms with E-state index in [4.69, 9.17) is 9.72 Å². The van der Waals surface area contributed by atoms with Gasteiger partial charge < -0.3 is 30.5 Å². The molecule has 1 aliphatic heterocycles. The Labute approximate surface area is 326 Å². The molecule has 1 fully saturated rings. The van der Waals surface area contributed by atoms with Gasteiger partial charge in [-0.15, -0.1) is 11.3 Å². The van der Waals surface area contributed by atoms with Crippen LogP contribution in [0.3, 0.4) is 0 Å². The van der Waals surface area contributed by atoms with Crippen LogP contribution in [0.1, 0.15) is 127 Å². The number of carboxylic acids is 1. The largest absolute Gasteiger partial charge is 0.508 e. The summed E-state index contributed by atoms with van der Waals surface area (Å²) in [6.07, 6.45) is 5.67. The van der Waals surface area contributed by atoms with Crippen LogP contribution in [0, 0.1) is 17.8 Å². The Morgan fingerprint density at radius 3 is 2.31 bits per heavy atom. The highest BCUT2D eigenvalue weighted by atomic mass is 32.1. The van der Waals surface area contributed by atoms with Gasteiger partial charge in [-0.25, -0.2) is 4.98 Å². The number of piperidine rings is 1. The van der Waals surface area contributed by atoms with Gasteiger partial charge >= 0.3 is 5.97 Å². The monoisotopic (exact) mass is 771 g/mol. The predicted octanol–water partition coefficient (Wildman–Crippen LogP) is 6.44. The van der Waals surface area contributed by atoms with Gasteiger partial charge in [0.2, 0.25) is 11.8 Å². The second kappa shape index (κ2) is 22.1. The van der Waals surface area contributed by atoms with E-state index in [0.717, 1.165) is 50.6 Å². The van der Waals surface area contributed by atoms with Crippen LogP contribution in [0.5, 0.6) is 5.75 Å². The quantitative estimate of drug-likeness (QED) is 0.106. The lowest BCUT2D eigenvalue weighted by molar-refractivity contribution is -0.143. The summed E-state index contributed by atoms with van der Waals surface area (Å²) in [7, 11) is 1.97. The number of thiazole rings is 1. The van der Waals surface area contributed by atoms with Crippen LogP contribution < -0.4 is 10.6 Å². The molecule has 4 N–H and O–H groups in total. The van der Waals surface area contributed by atoms with Crippen molar-refractivity contribution in [3.63, 3.8) is 0 Å². The maximum atomic E-state index is 14.6. The van der Waals surface area contributed by atoms with E-state index in [0.29, 0.717) is 31.0 Å². The zero-order chi connectivity index (χ0) is 39.9. The fourth-order valence-electron chi connectivity index (χ4n) is 7.11. The SMILES string of the molecule is CCCOC(CC(C(C)C)N(CCC)C(=O)C(NC(=O)C1CCCCN1C)C(C)CC)c1nc(C(=O)NC(Cc2ccc(O)cc2)CC(C)C(=O)O)cs1. The highest BCUT2D eigenvalue weighted by Crippen LogP contribution is 2.32. The van der Waals surface area contributed by atoms with E-state index in [9.17, 15) is 29.4 Å². The highest BCUT2D eigenvalue weighted by molar-refractivity contribution is 7.09. The van der Waals surface area contributed by atoms with Gasteiger partial charge in [0.25, 0.3) is 5.91 Å². The average molecular weight is 772 g/mol. The van der Waals surface area contributed by atoms with E-state index >= 15 is 0 Å². The number of carboxylic acid groups (broad SMARTS) is 1. The van der Waals surface area contributed by atoms with Crippen molar-refractivity contribution in [2.75, 3.05) is 26.7 Å². The molecule has 1 aliphatic rings.